The van der Waals surface area contributed by atoms with Crippen molar-refractivity contribution in [1.82, 2.24) is 25.4 Å². The van der Waals surface area contributed by atoms with Crippen molar-refractivity contribution in [2.75, 3.05) is 32.2 Å². The topological polar surface area (TPSA) is 135 Å². The highest BCUT2D eigenvalue weighted by Gasteiger charge is 2.55. The van der Waals surface area contributed by atoms with Gasteiger partial charge >= 0.3 is 5.76 Å². The van der Waals surface area contributed by atoms with E-state index in [0.717, 1.165) is 56.3 Å². The van der Waals surface area contributed by atoms with Gasteiger partial charge in [0.25, 0.3) is 5.91 Å². The summed E-state index contributed by atoms with van der Waals surface area (Å²) in [5.74, 6) is 0.0817. The number of hydrogen-bond acceptors (Lipinski definition) is 10. The number of carbonyl (C=O) groups excluding carboxylic acids is 1. The van der Waals surface area contributed by atoms with Gasteiger partial charge in [-0.25, -0.2) is 19.3 Å². The van der Waals surface area contributed by atoms with Crippen LogP contribution in [0, 0.1) is 5.82 Å². The van der Waals surface area contributed by atoms with Gasteiger partial charge in [-0.3, -0.25) is 4.79 Å². The van der Waals surface area contributed by atoms with Gasteiger partial charge in [-0.1, -0.05) is 24.3 Å². The number of rotatable bonds is 8. The number of fused-ring (bicyclic) bond motifs is 4. The molecule has 2 aromatic carbocycles. The van der Waals surface area contributed by atoms with Gasteiger partial charge in [0.1, 0.15) is 22.9 Å². The van der Waals surface area contributed by atoms with Crippen molar-refractivity contribution in [2.24, 2.45) is 0 Å². The Bertz CT molecular complexity index is 2330. The number of hydrogen-bond donors (Lipinski definition) is 3. The smallest absolute Gasteiger partial charge is 0.434 e. The normalized spacial score (nSPS) is 22.6. The number of dihydropyridines is 1. The average Bonchev–Trinajstić information content (AvgIpc) is 3.92. The van der Waals surface area contributed by atoms with Crippen LogP contribution in [-0.4, -0.2) is 58.4 Å². The average molecular weight is 707 g/mol. The highest BCUT2D eigenvalue weighted by Crippen LogP contribution is 2.53. The van der Waals surface area contributed by atoms with Gasteiger partial charge in [0.2, 0.25) is 5.89 Å². The van der Waals surface area contributed by atoms with E-state index in [0.29, 0.717) is 43.7 Å². The lowest BCUT2D eigenvalue weighted by atomic mass is 9.81. The minimum Gasteiger partial charge on any atom is -0.496 e. The minimum atomic E-state index is -0.718. The molecule has 0 spiro atoms. The lowest BCUT2D eigenvalue weighted by molar-refractivity contribution is -0.137. The summed E-state index contributed by atoms with van der Waals surface area (Å²) in [5, 5.41) is 15.1. The maximum absolute atomic E-state index is 14.5. The number of ether oxygens (including phenoxy) is 2. The molecular formula is C38H35FN6O5S. The number of amides is 1. The second-order valence-electron chi connectivity index (χ2n) is 13.6. The molecule has 13 heteroatoms. The molecule has 3 atom stereocenters. The Hall–Kier alpha value is -5.27. The lowest BCUT2D eigenvalue weighted by Gasteiger charge is -2.41. The van der Waals surface area contributed by atoms with Crippen LogP contribution >= 0.6 is 11.3 Å². The molecule has 51 heavy (non-hydrogen) atoms. The van der Waals surface area contributed by atoms with Crippen molar-refractivity contribution in [3.8, 4) is 5.75 Å². The van der Waals surface area contributed by atoms with Gasteiger partial charge in [-0.05, 0) is 85.0 Å². The first-order valence-electron chi connectivity index (χ1n) is 17.1. The highest BCUT2D eigenvalue weighted by atomic mass is 32.1. The summed E-state index contributed by atoms with van der Waals surface area (Å²) in [4.78, 5) is 34.5. The van der Waals surface area contributed by atoms with Gasteiger partial charge < -0.3 is 29.4 Å². The largest absolute Gasteiger partial charge is 0.496 e. The molecule has 1 amide bonds. The number of methoxy groups -OCH3 is 1. The number of pyridine rings is 1. The Balaban J connectivity index is 1.18. The SMILES string of the molecule is COc1cccc2c1CC[C@H]2Nc1nccc2cc(C3C4=C(NC(CCc5ccc(F)cc5)=C3c3n[nH]c(=O)o3)[C@]3(C)COCCN3C4=O)sc12. The van der Waals surface area contributed by atoms with E-state index in [1.54, 1.807) is 36.8 Å². The molecule has 0 saturated carbocycles. The number of nitrogens with one attached hydrogen (secondary N) is 3. The number of aromatic nitrogens is 3. The number of allylic oxidation sites excluding steroid dienone is 2. The third kappa shape index (κ3) is 5.17. The van der Waals surface area contributed by atoms with Crippen LogP contribution in [0.1, 0.15) is 59.2 Å². The molecule has 4 aliphatic rings. The van der Waals surface area contributed by atoms with E-state index in [-0.39, 0.29) is 23.7 Å². The van der Waals surface area contributed by atoms with Crippen LogP contribution in [0.15, 0.2) is 87.0 Å². The molecule has 260 valence electrons. The van der Waals surface area contributed by atoms with E-state index in [2.05, 4.69) is 33.0 Å². The highest BCUT2D eigenvalue weighted by molar-refractivity contribution is 7.19. The maximum atomic E-state index is 14.5. The summed E-state index contributed by atoms with van der Waals surface area (Å²) in [7, 11) is 1.70. The van der Waals surface area contributed by atoms with E-state index in [1.165, 1.54) is 23.3 Å². The predicted octanol–water partition coefficient (Wildman–Crippen LogP) is 5.84. The molecule has 1 saturated heterocycles. The van der Waals surface area contributed by atoms with E-state index < -0.39 is 17.2 Å². The number of thiophene rings is 1. The predicted molar refractivity (Wildman–Crippen MR) is 190 cm³/mol. The van der Waals surface area contributed by atoms with Crippen molar-refractivity contribution < 1.29 is 23.1 Å². The number of carbonyl (C=O) groups is 1. The first kappa shape index (κ1) is 31.7. The molecule has 6 heterocycles. The molecule has 3 aromatic heterocycles. The van der Waals surface area contributed by atoms with Crippen LogP contribution < -0.4 is 21.1 Å². The zero-order valence-electron chi connectivity index (χ0n) is 28.0. The summed E-state index contributed by atoms with van der Waals surface area (Å²) in [6.45, 7) is 3.26. The van der Waals surface area contributed by atoms with Gasteiger partial charge in [0.15, 0.2) is 0 Å². The van der Waals surface area contributed by atoms with E-state index in [9.17, 15) is 14.0 Å². The van der Waals surface area contributed by atoms with Crippen LogP contribution in [-0.2, 0) is 22.4 Å². The second-order valence-corrected chi connectivity index (χ2v) is 14.6. The summed E-state index contributed by atoms with van der Waals surface area (Å²) >= 11 is 1.56. The van der Waals surface area contributed by atoms with Crippen molar-refractivity contribution in [1.29, 1.82) is 0 Å². The van der Waals surface area contributed by atoms with Crippen LogP contribution in [0.25, 0.3) is 15.7 Å². The zero-order chi connectivity index (χ0) is 34.9. The monoisotopic (exact) mass is 706 g/mol. The maximum Gasteiger partial charge on any atom is 0.434 e. The Morgan fingerprint density at radius 2 is 2.00 bits per heavy atom. The number of halogens is 1. The molecule has 1 aliphatic carbocycles. The third-order valence-electron chi connectivity index (χ3n) is 10.6. The van der Waals surface area contributed by atoms with Crippen LogP contribution in [0.4, 0.5) is 10.2 Å². The number of benzene rings is 2. The van der Waals surface area contributed by atoms with Crippen LogP contribution in [0.5, 0.6) is 5.75 Å². The Morgan fingerprint density at radius 1 is 1.14 bits per heavy atom. The van der Waals surface area contributed by atoms with Crippen molar-refractivity contribution in [3.63, 3.8) is 0 Å². The second kappa shape index (κ2) is 12.2. The number of aryl methyl sites for hydroxylation is 1. The molecule has 3 N–H and O–H groups in total. The molecule has 3 aliphatic heterocycles. The van der Waals surface area contributed by atoms with Crippen LogP contribution in [0.3, 0.4) is 0 Å². The van der Waals surface area contributed by atoms with Crippen LogP contribution in [0.2, 0.25) is 0 Å². The molecule has 9 rings (SSSR count). The minimum absolute atomic E-state index is 0.0612. The fourth-order valence-electron chi connectivity index (χ4n) is 8.19. The first-order chi connectivity index (χ1) is 24.8. The molecule has 1 fully saturated rings. The fourth-order valence-corrected chi connectivity index (χ4v) is 9.42. The molecular weight excluding hydrogens is 672 g/mol. The van der Waals surface area contributed by atoms with Crippen molar-refractivity contribution in [2.45, 2.75) is 50.1 Å². The molecule has 0 radical (unpaired) electrons. The van der Waals surface area contributed by atoms with Gasteiger partial charge in [-0.2, -0.15) is 0 Å². The summed E-state index contributed by atoms with van der Waals surface area (Å²) in [6, 6.07) is 16.7. The Morgan fingerprint density at radius 3 is 2.80 bits per heavy atom. The molecule has 5 aromatic rings. The van der Waals surface area contributed by atoms with Gasteiger partial charge in [0, 0.05) is 28.9 Å². The van der Waals surface area contributed by atoms with Crippen molar-refractivity contribution >= 4 is 38.7 Å². The molecule has 1 unspecified atom stereocenters. The number of H-pyrrole nitrogens is 1. The van der Waals surface area contributed by atoms with Gasteiger partial charge in [0.05, 0.1) is 48.3 Å². The standard InChI is InChI=1S/C38H35FN6O5S/c1-38-19-49-17-16-45(38)36(46)31-30(29(35-43-44-37(47)50-35)26(41-33(31)38)12-8-20-6-9-22(39)10-7-20)28-18-21-14-15-40-34(32(21)51-28)42-25-13-11-24-23(25)4-3-5-27(24)48-2/h3-7,9-10,14-15,18,25,30,41H,8,11-13,16-17,19H2,1-2H3,(H,40,42)(H,44,47)/t25-,30?,38+/m1/s1. The molecule has 0 bridgehead atoms. The number of anilines is 1. The summed E-state index contributed by atoms with van der Waals surface area (Å²) in [5.41, 5.74) is 5.37. The quantitative estimate of drug-likeness (QED) is 0.182. The summed E-state index contributed by atoms with van der Waals surface area (Å²) in [6.07, 6.45) is 4.66. The lowest BCUT2D eigenvalue weighted by Crippen LogP contribution is -2.56. The number of morpholine rings is 1. The Kier molecular flexibility index (Phi) is 7.58. The van der Waals surface area contributed by atoms with Crippen molar-refractivity contribution in [3.05, 3.63) is 122 Å². The number of nitrogens with zero attached hydrogens (tertiary/aromatic N) is 3. The Labute approximate surface area is 296 Å². The first-order valence-corrected chi connectivity index (χ1v) is 17.9. The fraction of sp³-hybridized carbons (Fsp3) is 0.316. The summed E-state index contributed by atoms with van der Waals surface area (Å²) < 4.78 is 32.0. The van der Waals surface area contributed by atoms with E-state index in [1.807, 2.05) is 30.0 Å². The zero-order valence-corrected chi connectivity index (χ0v) is 28.9. The van der Waals surface area contributed by atoms with E-state index >= 15 is 0 Å². The van der Waals surface area contributed by atoms with E-state index in [4.69, 9.17) is 18.9 Å². The van der Waals surface area contributed by atoms with Gasteiger partial charge in [-0.15, -0.1) is 16.4 Å². The number of aromatic amines is 1. The molecule has 11 nitrogen and oxygen atoms in total. The third-order valence-corrected chi connectivity index (χ3v) is 11.9.